The predicted octanol–water partition coefficient (Wildman–Crippen LogP) is 5.28. The van der Waals surface area contributed by atoms with Gasteiger partial charge in [0.2, 0.25) is 11.9 Å². The SMILES string of the molecule is [C-]#[N+]c1ccc(CNC(=O)C(CC2CCCCC2)Nc2cc(-n3cnc(C)c3)nc(NC)n2)c(Cl)c1. The summed E-state index contributed by atoms with van der Waals surface area (Å²) in [6.45, 7) is 9.34. The van der Waals surface area contributed by atoms with Gasteiger partial charge in [0.15, 0.2) is 5.69 Å². The average Bonchev–Trinajstić information content (AvgIpc) is 3.34. The third-order valence-corrected chi connectivity index (χ3v) is 6.82. The third-order valence-electron chi connectivity index (χ3n) is 6.46. The van der Waals surface area contributed by atoms with Crippen LogP contribution in [-0.2, 0) is 11.3 Å². The maximum Gasteiger partial charge on any atom is 0.242 e. The second-order valence-electron chi connectivity index (χ2n) is 9.15. The molecule has 0 aliphatic heterocycles. The number of carbonyl (C=O) groups excluding carboxylic acids is 1. The maximum atomic E-state index is 13.4. The van der Waals surface area contributed by atoms with Gasteiger partial charge in [-0.05, 0) is 30.9 Å². The lowest BCUT2D eigenvalue weighted by Gasteiger charge is -2.27. The molecule has 0 saturated heterocycles. The Morgan fingerprint density at radius 2 is 2.06 bits per heavy atom. The van der Waals surface area contributed by atoms with E-state index in [-0.39, 0.29) is 12.5 Å². The van der Waals surface area contributed by atoms with Crippen molar-refractivity contribution in [3.8, 4) is 5.82 Å². The number of imidazole rings is 1. The molecule has 2 heterocycles. The number of nitrogens with one attached hydrogen (secondary N) is 3. The van der Waals surface area contributed by atoms with Crippen LogP contribution < -0.4 is 16.0 Å². The van der Waals surface area contributed by atoms with Crippen LogP contribution in [0.5, 0.6) is 0 Å². The highest BCUT2D eigenvalue weighted by molar-refractivity contribution is 6.31. The maximum absolute atomic E-state index is 13.4. The van der Waals surface area contributed by atoms with E-state index < -0.39 is 6.04 Å². The molecule has 3 aromatic rings. The minimum absolute atomic E-state index is 0.115. The molecule has 0 spiro atoms. The number of aryl methyl sites for hydroxylation is 1. The van der Waals surface area contributed by atoms with Gasteiger partial charge in [0.25, 0.3) is 0 Å². The van der Waals surface area contributed by atoms with Crippen molar-refractivity contribution in [2.24, 2.45) is 5.92 Å². The number of rotatable bonds is 9. The Labute approximate surface area is 216 Å². The lowest BCUT2D eigenvalue weighted by atomic mass is 9.84. The molecular formula is C26H31ClN8O. The van der Waals surface area contributed by atoms with Gasteiger partial charge in [-0.3, -0.25) is 9.36 Å². The molecule has 1 fully saturated rings. The van der Waals surface area contributed by atoms with Crippen LogP contribution in [0.15, 0.2) is 36.8 Å². The number of amides is 1. The Balaban J connectivity index is 1.54. The van der Waals surface area contributed by atoms with Gasteiger partial charge in [0.1, 0.15) is 24.0 Å². The lowest BCUT2D eigenvalue weighted by Crippen LogP contribution is -2.41. The number of hydrogen-bond donors (Lipinski definition) is 3. The molecule has 1 aromatic carbocycles. The van der Waals surface area contributed by atoms with Crippen LogP contribution in [0.4, 0.5) is 17.5 Å². The summed E-state index contributed by atoms with van der Waals surface area (Å²) in [5.41, 5.74) is 2.12. The highest BCUT2D eigenvalue weighted by Crippen LogP contribution is 2.29. The van der Waals surface area contributed by atoms with Crippen molar-refractivity contribution in [3.63, 3.8) is 0 Å². The fourth-order valence-corrected chi connectivity index (χ4v) is 4.76. The van der Waals surface area contributed by atoms with Gasteiger partial charge in [-0.1, -0.05) is 55.8 Å². The second-order valence-corrected chi connectivity index (χ2v) is 9.56. The fourth-order valence-electron chi connectivity index (χ4n) is 4.52. The van der Waals surface area contributed by atoms with Crippen LogP contribution >= 0.6 is 11.6 Å². The summed E-state index contributed by atoms with van der Waals surface area (Å²) in [7, 11) is 1.76. The van der Waals surface area contributed by atoms with Gasteiger partial charge < -0.3 is 16.0 Å². The van der Waals surface area contributed by atoms with Gasteiger partial charge in [0.05, 0.1) is 12.3 Å². The van der Waals surface area contributed by atoms with E-state index in [1.165, 1.54) is 19.3 Å². The molecule has 188 valence electrons. The molecule has 4 rings (SSSR count). The highest BCUT2D eigenvalue weighted by atomic mass is 35.5. The van der Waals surface area contributed by atoms with Crippen molar-refractivity contribution in [2.45, 2.75) is 58.0 Å². The average molecular weight is 507 g/mol. The van der Waals surface area contributed by atoms with E-state index in [1.807, 2.05) is 23.8 Å². The second kappa shape index (κ2) is 11.9. The van der Waals surface area contributed by atoms with E-state index in [9.17, 15) is 4.79 Å². The van der Waals surface area contributed by atoms with Crippen molar-refractivity contribution in [1.29, 1.82) is 0 Å². The molecule has 1 aliphatic rings. The quantitative estimate of drug-likeness (QED) is 0.341. The number of hydrogen-bond acceptors (Lipinski definition) is 6. The minimum atomic E-state index is -0.466. The van der Waals surface area contributed by atoms with Crippen molar-refractivity contribution >= 4 is 35.0 Å². The van der Waals surface area contributed by atoms with E-state index in [1.54, 1.807) is 31.6 Å². The van der Waals surface area contributed by atoms with E-state index in [4.69, 9.17) is 18.2 Å². The summed E-state index contributed by atoms with van der Waals surface area (Å²) < 4.78 is 1.83. The van der Waals surface area contributed by atoms with Crippen LogP contribution in [0, 0.1) is 19.4 Å². The normalized spacial score (nSPS) is 14.6. The number of benzene rings is 1. The molecular weight excluding hydrogens is 476 g/mol. The minimum Gasteiger partial charge on any atom is -0.358 e. The van der Waals surface area contributed by atoms with E-state index in [2.05, 4.69) is 35.7 Å². The molecule has 1 unspecified atom stereocenters. The zero-order valence-electron chi connectivity index (χ0n) is 20.6. The fraction of sp³-hybridized carbons (Fsp3) is 0.423. The summed E-state index contributed by atoms with van der Waals surface area (Å²) in [4.78, 5) is 30.2. The number of aromatic nitrogens is 4. The number of anilines is 2. The van der Waals surface area contributed by atoms with E-state index in [0.29, 0.717) is 40.6 Å². The molecule has 1 saturated carbocycles. The Morgan fingerprint density at radius 3 is 2.72 bits per heavy atom. The first-order valence-electron chi connectivity index (χ1n) is 12.2. The summed E-state index contributed by atoms with van der Waals surface area (Å²) >= 11 is 6.33. The van der Waals surface area contributed by atoms with Gasteiger partial charge in [-0.15, -0.1) is 0 Å². The Morgan fingerprint density at radius 1 is 1.25 bits per heavy atom. The van der Waals surface area contributed by atoms with Crippen LogP contribution in [0.2, 0.25) is 5.02 Å². The number of halogens is 1. The first kappa shape index (κ1) is 25.5. The lowest BCUT2D eigenvalue weighted by molar-refractivity contribution is -0.122. The first-order valence-corrected chi connectivity index (χ1v) is 12.6. The predicted molar refractivity (Wildman–Crippen MR) is 142 cm³/mol. The number of carbonyl (C=O) groups is 1. The Bertz CT molecular complexity index is 1240. The van der Waals surface area contributed by atoms with Crippen LogP contribution in [0.1, 0.15) is 49.8 Å². The standard InChI is InChI=1S/C26H31ClN8O/c1-17-15-35(16-31-17)24-13-23(33-26(29-3)34-24)32-22(11-18-7-5-4-6-8-18)25(36)30-14-19-9-10-20(28-2)12-21(19)27/h9-10,12-13,15-16,18,22H,4-8,11,14H2,1,3H3,(H,30,36)(H2,29,32,33,34). The summed E-state index contributed by atoms with van der Waals surface area (Å²) in [6.07, 6.45) is 10.2. The smallest absolute Gasteiger partial charge is 0.242 e. The van der Waals surface area contributed by atoms with Gasteiger partial charge in [-0.25, -0.2) is 9.83 Å². The van der Waals surface area contributed by atoms with E-state index >= 15 is 0 Å². The van der Waals surface area contributed by atoms with Crippen molar-refractivity contribution < 1.29 is 4.79 Å². The van der Waals surface area contributed by atoms with Crippen molar-refractivity contribution in [2.75, 3.05) is 17.7 Å². The first-order chi connectivity index (χ1) is 17.4. The molecule has 1 amide bonds. The molecule has 9 nitrogen and oxygen atoms in total. The Hall–Kier alpha value is -3.64. The molecule has 0 radical (unpaired) electrons. The van der Waals surface area contributed by atoms with Gasteiger partial charge in [0, 0.05) is 30.9 Å². The molecule has 1 aliphatic carbocycles. The van der Waals surface area contributed by atoms with Crippen molar-refractivity contribution in [3.05, 3.63) is 64.5 Å². The topological polar surface area (TPSA) is 101 Å². The monoisotopic (exact) mass is 506 g/mol. The molecule has 2 aromatic heterocycles. The molecule has 1 atom stereocenters. The Kier molecular flexibility index (Phi) is 8.39. The van der Waals surface area contributed by atoms with Crippen LogP contribution in [-0.4, -0.2) is 38.5 Å². The van der Waals surface area contributed by atoms with E-state index in [0.717, 1.165) is 24.1 Å². The number of nitrogens with zero attached hydrogens (tertiary/aromatic N) is 5. The molecule has 10 heteroatoms. The van der Waals surface area contributed by atoms with Crippen LogP contribution in [0.3, 0.4) is 0 Å². The van der Waals surface area contributed by atoms with Crippen molar-refractivity contribution in [1.82, 2.24) is 24.8 Å². The van der Waals surface area contributed by atoms with Gasteiger partial charge in [-0.2, -0.15) is 9.97 Å². The summed E-state index contributed by atoms with van der Waals surface area (Å²) in [6, 6.07) is 6.46. The molecule has 3 N–H and O–H groups in total. The van der Waals surface area contributed by atoms with Crippen LogP contribution in [0.25, 0.3) is 10.7 Å². The third kappa shape index (κ3) is 6.52. The largest absolute Gasteiger partial charge is 0.358 e. The van der Waals surface area contributed by atoms with Gasteiger partial charge >= 0.3 is 0 Å². The molecule has 0 bridgehead atoms. The zero-order chi connectivity index (χ0) is 25.5. The zero-order valence-corrected chi connectivity index (χ0v) is 21.3. The highest BCUT2D eigenvalue weighted by Gasteiger charge is 2.25. The summed E-state index contributed by atoms with van der Waals surface area (Å²) in [5, 5.41) is 9.87. The summed E-state index contributed by atoms with van der Waals surface area (Å²) in [5.74, 6) is 2.03. The molecule has 36 heavy (non-hydrogen) atoms.